The molecular weight excluding hydrogens is 376 g/mol. The molecule has 1 heterocycles. The molecule has 0 radical (unpaired) electrons. The van der Waals surface area contributed by atoms with Crippen molar-refractivity contribution in [2.24, 2.45) is 11.3 Å². The molecule has 2 rings (SSSR count). The van der Waals surface area contributed by atoms with Crippen molar-refractivity contribution in [3.8, 4) is 0 Å². The molecular formula is C21H30N2O6. The van der Waals surface area contributed by atoms with Crippen LogP contribution in [-0.2, 0) is 14.3 Å². The SMILES string of the molecule is CCOC(=O)C1C(C(C)(C)C)C([N+](=O)[O-])C(c2ccccc2)N1C(=O)OC(C)C. The van der Waals surface area contributed by atoms with Crippen LogP contribution in [0.2, 0.25) is 0 Å². The summed E-state index contributed by atoms with van der Waals surface area (Å²) in [5.41, 5.74) is -0.0642. The lowest BCUT2D eigenvalue weighted by Gasteiger charge is -2.33. The number of hydrogen-bond acceptors (Lipinski definition) is 6. The highest BCUT2D eigenvalue weighted by Crippen LogP contribution is 2.49. The number of carbonyl (C=O) groups excluding carboxylic acids is 2. The fourth-order valence-corrected chi connectivity index (χ4v) is 4.11. The fraction of sp³-hybridized carbons (Fsp3) is 0.619. The maximum atomic E-state index is 13.1. The van der Waals surface area contributed by atoms with Gasteiger partial charge in [0, 0.05) is 4.92 Å². The highest BCUT2D eigenvalue weighted by molar-refractivity contribution is 5.83. The van der Waals surface area contributed by atoms with E-state index < -0.39 is 47.6 Å². The summed E-state index contributed by atoms with van der Waals surface area (Å²) >= 11 is 0. The van der Waals surface area contributed by atoms with Crippen LogP contribution in [0.3, 0.4) is 0 Å². The maximum absolute atomic E-state index is 13.1. The van der Waals surface area contributed by atoms with Crippen LogP contribution in [0.1, 0.15) is 53.1 Å². The minimum atomic E-state index is -1.19. The monoisotopic (exact) mass is 406 g/mol. The number of amides is 1. The van der Waals surface area contributed by atoms with E-state index in [4.69, 9.17) is 9.47 Å². The van der Waals surface area contributed by atoms with Crippen molar-refractivity contribution in [2.45, 2.75) is 65.8 Å². The normalized spacial score (nSPS) is 24.4. The molecule has 160 valence electrons. The second kappa shape index (κ2) is 8.80. The quantitative estimate of drug-likeness (QED) is 0.419. The van der Waals surface area contributed by atoms with Gasteiger partial charge >= 0.3 is 12.1 Å². The first kappa shape index (κ1) is 22.6. The molecule has 1 amide bonds. The Morgan fingerprint density at radius 3 is 2.24 bits per heavy atom. The molecule has 0 saturated carbocycles. The summed E-state index contributed by atoms with van der Waals surface area (Å²) in [4.78, 5) is 39.1. The highest BCUT2D eigenvalue weighted by Gasteiger charge is 2.64. The average molecular weight is 406 g/mol. The third-order valence-corrected chi connectivity index (χ3v) is 5.09. The summed E-state index contributed by atoms with van der Waals surface area (Å²) in [6.45, 7) is 10.7. The highest BCUT2D eigenvalue weighted by atomic mass is 16.6. The molecule has 1 aromatic rings. The molecule has 0 aliphatic carbocycles. The summed E-state index contributed by atoms with van der Waals surface area (Å²) in [6, 6.07) is 5.49. The lowest BCUT2D eigenvalue weighted by atomic mass is 9.73. The van der Waals surface area contributed by atoms with Crippen LogP contribution >= 0.6 is 0 Å². The van der Waals surface area contributed by atoms with Crippen LogP contribution in [0.5, 0.6) is 0 Å². The van der Waals surface area contributed by atoms with Gasteiger partial charge in [0.1, 0.15) is 12.1 Å². The van der Waals surface area contributed by atoms with Crippen molar-refractivity contribution in [2.75, 3.05) is 6.61 Å². The fourth-order valence-electron chi connectivity index (χ4n) is 4.11. The Bertz CT molecular complexity index is 743. The summed E-state index contributed by atoms with van der Waals surface area (Å²) in [6.07, 6.45) is -1.20. The standard InChI is InChI=1S/C21H30N2O6/c1-7-28-19(24)18-15(21(4,5)6)17(23(26)27)16(14-11-9-8-10-12-14)22(18)20(25)29-13(2)3/h8-13,15-18H,7H2,1-6H3. The van der Waals surface area contributed by atoms with Crippen molar-refractivity contribution in [3.63, 3.8) is 0 Å². The summed E-state index contributed by atoms with van der Waals surface area (Å²) < 4.78 is 10.6. The van der Waals surface area contributed by atoms with Gasteiger partial charge in [0.25, 0.3) is 0 Å². The third-order valence-electron chi connectivity index (χ3n) is 5.09. The maximum Gasteiger partial charge on any atom is 0.411 e. The number of esters is 1. The molecule has 4 unspecified atom stereocenters. The molecule has 0 spiro atoms. The zero-order valence-corrected chi connectivity index (χ0v) is 17.8. The number of nitro groups is 1. The first-order valence-electron chi connectivity index (χ1n) is 9.84. The molecule has 1 fully saturated rings. The van der Waals surface area contributed by atoms with E-state index >= 15 is 0 Å². The largest absolute Gasteiger partial charge is 0.464 e. The van der Waals surface area contributed by atoms with Gasteiger partial charge in [0.15, 0.2) is 0 Å². The topological polar surface area (TPSA) is 99.0 Å². The van der Waals surface area contributed by atoms with E-state index in [-0.39, 0.29) is 11.5 Å². The van der Waals surface area contributed by atoms with E-state index in [1.807, 2.05) is 20.8 Å². The van der Waals surface area contributed by atoms with Crippen molar-refractivity contribution >= 4 is 12.1 Å². The summed E-state index contributed by atoms with van der Waals surface area (Å²) in [5, 5.41) is 12.2. The zero-order valence-electron chi connectivity index (χ0n) is 17.8. The number of likely N-dealkylation sites (tertiary alicyclic amines) is 1. The summed E-state index contributed by atoms with van der Waals surface area (Å²) in [5.74, 6) is -1.42. The van der Waals surface area contributed by atoms with E-state index in [0.717, 1.165) is 0 Å². The van der Waals surface area contributed by atoms with Gasteiger partial charge in [0.05, 0.1) is 18.6 Å². The third kappa shape index (κ3) is 4.68. The molecule has 4 atom stereocenters. The Balaban J connectivity index is 2.72. The van der Waals surface area contributed by atoms with Crippen LogP contribution in [0, 0.1) is 21.4 Å². The molecule has 29 heavy (non-hydrogen) atoms. The molecule has 1 aliphatic rings. The van der Waals surface area contributed by atoms with E-state index in [1.54, 1.807) is 51.1 Å². The van der Waals surface area contributed by atoms with E-state index in [9.17, 15) is 19.7 Å². The van der Waals surface area contributed by atoms with Crippen molar-refractivity contribution in [3.05, 3.63) is 46.0 Å². The Morgan fingerprint density at radius 2 is 1.79 bits per heavy atom. The van der Waals surface area contributed by atoms with Crippen LogP contribution in [0.15, 0.2) is 30.3 Å². The predicted molar refractivity (Wildman–Crippen MR) is 107 cm³/mol. The number of nitrogens with zero attached hydrogens (tertiary/aromatic N) is 2. The number of benzene rings is 1. The Labute approximate surface area is 171 Å². The van der Waals surface area contributed by atoms with Gasteiger partial charge in [-0.05, 0) is 31.7 Å². The van der Waals surface area contributed by atoms with Gasteiger partial charge in [-0.25, -0.2) is 9.59 Å². The van der Waals surface area contributed by atoms with Crippen molar-refractivity contribution in [1.82, 2.24) is 4.90 Å². The van der Waals surface area contributed by atoms with E-state index in [2.05, 4.69) is 0 Å². The van der Waals surface area contributed by atoms with Crippen LogP contribution in [-0.4, -0.2) is 46.7 Å². The van der Waals surface area contributed by atoms with Crippen LogP contribution in [0.4, 0.5) is 4.79 Å². The van der Waals surface area contributed by atoms with E-state index in [0.29, 0.717) is 5.56 Å². The Morgan fingerprint density at radius 1 is 1.21 bits per heavy atom. The van der Waals surface area contributed by atoms with Crippen LogP contribution in [0.25, 0.3) is 0 Å². The zero-order chi connectivity index (χ0) is 21.9. The smallest absolute Gasteiger partial charge is 0.411 e. The minimum Gasteiger partial charge on any atom is -0.464 e. The van der Waals surface area contributed by atoms with Gasteiger partial charge < -0.3 is 9.47 Å². The van der Waals surface area contributed by atoms with Gasteiger partial charge in [-0.2, -0.15) is 0 Å². The van der Waals surface area contributed by atoms with Gasteiger partial charge in [-0.1, -0.05) is 51.1 Å². The molecule has 8 heteroatoms. The molecule has 0 N–H and O–H groups in total. The molecule has 1 aliphatic heterocycles. The first-order valence-corrected chi connectivity index (χ1v) is 9.84. The molecule has 8 nitrogen and oxygen atoms in total. The van der Waals surface area contributed by atoms with Crippen molar-refractivity contribution in [1.29, 1.82) is 0 Å². The van der Waals surface area contributed by atoms with Gasteiger partial charge in [0.2, 0.25) is 6.04 Å². The minimum absolute atomic E-state index is 0.110. The van der Waals surface area contributed by atoms with Crippen LogP contribution < -0.4 is 0 Å². The molecule has 1 saturated heterocycles. The van der Waals surface area contributed by atoms with Crippen molar-refractivity contribution < 1.29 is 24.0 Å². The predicted octanol–water partition coefficient (Wildman–Crippen LogP) is 3.83. The number of rotatable bonds is 5. The Kier molecular flexibility index (Phi) is 6.87. The second-order valence-electron chi connectivity index (χ2n) is 8.56. The van der Waals surface area contributed by atoms with E-state index in [1.165, 1.54) is 4.90 Å². The Hall–Kier alpha value is -2.64. The first-order chi connectivity index (χ1) is 13.5. The van der Waals surface area contributed by atoms with Gasteiger partial charge in [-0.15, -0.1) is 0 Å². The molecule has 1 aromatic carbocycles. The lowest BCUT2D eigenvalue weighted by molar-refractivity contribution is -0.536. The lowest BCUT2D eigenvalue weighted by Crippen LogP contribution is -2.48. The molecule has 0 bridgehead atoms. The second-order valence-corrected chi connectivity index (χ2v) is 8.56. The average Bonchev–Trinajstić information content (AvgIpc) is 2.99. The molecule has 0 aromatic heterocycles. The van der Waals surface area contributed by atoms with Gasteiger partial charge in [-0.3, -0.25) is 15.0 Å². The summed E-state index contributed by atoms with van der Waals surface area (Å²) in [7, 11) is 0. The number of hydrogen-bond donors (Lipinski definition) is 0. The number of ether oxygens (including phenoxy) is 2. The number of carbonyl (C=O) groups is 2.